The molecule has 1 aliphatic heterocycles. The predicted octanol–water partition coefficient (Wildman–Crippen LogP) is 6.68. The van der Waals surface area contributed by atoms with Gasteiger partial charge in [-0.15, -0.1) is 0 Å². The minimum Gasteiger partial charge on any atom is -0.488 e. The van der Waals surface area contributed by atoms with E-state index in [-0.39, 0.29) is 60.8 Å². The Morgan fingerprint density at radius 2 is 1.41 bits per heavy atom. The smallest absolute Gasteiger partial charge is 0.416 e. The van der Waals surface area contributed by atoms with Gasteiger partial charge in [-0.25, -0.2) is 9.59 Å². The number of likely N-dealkylation sites (N-methyl/N-ethyl adjacent to an activating group) is 1. The maximum absolute atomic E-state index is 13.5. The number of carbonyl (C=O) groups is 3. The first-order valence-electron chi connectivity index (χ1n) is 15.1. The number of amides is 5. The summed E-state index contributed by atoms with van der Waals surface area (Å²) in [5.41, 5.74) is -0.844. The van der Waals surface area contributed by atoms with Gasteiger partial charge in [0.25, 0.3) is 0 Å². The highest BCUT2D eigenvalue weighted by Gasteiger charge is 2.33. The molecule has 49 heavy (non-hydrogen) atoms. The zero-order valence-electron chi connectivity index (χ0n) is 26.7. The molecule has 0 saturated carbocycles. The summed E-state index contributed by atoms with van der Waals surface area (Å²) in [6.07, 6.45) is -9.93. The zero-order valence-corrected chi connectivity index (χ0v) is 26.7. The van der Waals surface area contributed by atoms with Crippen LogP contribution < -0.4 is 20.7 Å². The summed E-state index contributed by atoms with van der Waals surface area (Å²) in [6, 6.07) is 10.5. The number of nitrogens with one attached hydrogen (secondary N) is 3. The van der Waals surface area contributed by atoms with E-state index in [9.17, 15) is 45.8 Å². The van der Waals surface area contributed by atoms with Gasteiger partial charge in [0.05, 0.1) is 36.7 Å². The Kier molecular flexibility index (Phi) is 11.3. The Morgan fingerprint density at radius 1 is 0.898 bits per heavy atom. The van der Waals surface area contributed by atoms with Gasteiger partial charge in [0, 0.05) is 42.1 Å². The van der Waals surface area contributed by atoms with Crippen LogP contribution in [0.2, 0.25) is 0 Å². The molecule has 0 saturated heterocycles. The second-order valence-electron chi connectivity index (χ2n) is 11.8. The number of rotatable bonds is 7. The highest BCUT2D eigenvalue weighted by Crippen LogP contribution is 2.32. The molecule has 10 nitrogen and oxygen atoms in total. The number of ether oxygens (including phenoxy) is 1. The second-order valence-corrected chi connectivity index (χ2v) is 11.8. The lowest BCUT2D eigenvalue weighted by molar-refractivity contribution is -0.138. The van der Waals surface area contributed by atoms with Crippen molar-refractivity contribution in [3.63, 3.8) is 0 Å². The normalized spacial score (nSPS) is 17.4. The van der Waals surface area contributed by atoms with E-state index in [0.717, 1.165) is 48.5 Å². The molecule has 4 N–H and O–H groups in total. The number of benzene rings is 3. The summed E-state index contributed by atoms with van der Waals surface area (Å²) >= 11 is 0. The number of aliphatic hydroxyl groups is 1. The third kappa shape index (κ3) is 9.78. The van der Waals surface area contributed by atoms with Gasteiger partial charge in [-0.2, -0.15) is 26.3 Å². The number of nitrogens with zero attached hydrogens (tertiary/aromatic N) is 2. The van der Waals surface area contributed by atoms with E-state index >= 15 is 0 Å². The summed E-state index contributed by atoms with van der Waals surface area (Å²) in [6.45, 7) is 3.32. The van der Waals surface area contributed by atoms with E-state index < -0.39 is 47.7 Å². The van der Waals surface area contributed by atoms with E-state index in [1.165, 1.54) is 35.0 Å². The van der Waals surface area contributed by atoms with Crippen LogP contribution in [-0.2, 0) is 23.6 Å². The molecule has 0 aliphatic carbocycles. The van der Waals surface area contributed by atoms with Crippen molar-refractivity contribution in [2.24, 2.45) is 5.92 Å². The molecular weight excluding hydrogens is 660 g/mol. The molecule has 0 fully saturated rings. The van der Waals surface area contributed by atoms with Gasteiger partial charge in [-0.1, -0.05) is 6.92 Å². The molecule has 0 unspecified atom stereocenters. The van der Waals surface area contributed by atoms with Crippen LogP contribution >= 0.6 is 0 Å². The molecule has 3 aromatic carbocycles. The SMILES string of the molecule is C[C@H]1CN([C@@H](C)CO)C(=O)Cc2cc(NC(=O)Nc3ccc(C(F)(F)F)cc3)ccc2O[C@@H]1CN(C)C(=O)Nc1ccc(C(F)(F)F)cc1. The minimum atomic E-state index is -4.53. The summed E-state index contributed by atoms with van der Waals surface area (Å²) in [5.74, 6) is -0.426. The van der Waals surface area contributed by atoms with Gasteiger partial charge in [0.1, 0.15) is 11.9 Å². The second kappa shape index (κ2) is 15.1. The molecule has 1 aliphatic rings. The Labute approximate surface area is 278 Å². The number of halogens is 6. The maximum Gasteiger partial charge on any atom is 0.416 e. The molecule has 0 aromatic heterocycles. The van der Waals surface area contributed by atoms with Crippen molar-refractivity contribution in [3.8, 4) is 5.75 Å². The maximum atomic E-state index is 13.5. The molecule has 3 aromatic rings. The van der Waals surface area contributed by atoms with E-state index in [2.05, 4.69) is 16.0 Å². The van der Waals surface area contributed by atoms with Crippen LogP contribution in [0.4, 0.5) is 53.0 Å². The lowest BCUT2D eigenvalue weighted by Gasteiger charge is -2.34. The van der Waals surface area contributed by atoms with Crippen LogP contribution in [0.15, 0.2) is 66.7 Å². The fourth-order valence-corrected chi connectivity index (χ4v) is 5.08. The summed E-state index contributed by atoms with van der Waals surface area (Å²) < 4.78 is 83.7. The number of urea groups is 2. The number of carbonyl (C=O) groups excluding carboxylic acids is 3. The van der Waals surface area contributed by atoms with Crippen molar-refractivity contribution >= 4 is 35.0 Å². The minimum absolute atomic E-state index is 0.00184. The van der Waals surface area contributed by atoms with Crippen molar-refractivity contribution in [2.45, 2.75) is 44.8 Å². The molecule has 5 amide bonds. The van der Waals surface area contributed by atoms with Crippen LogP contribution in [0.1, 0.15) is 30.5 Å². The molecule has 0 radical (unpaired) electrons. The van der Waals surface area contributed by atoms with Crippen LogP contribution in [0.5, 0.6) is 5.75 Å². The van der Waals surface area contributed by atoms with E-state index in [1.54, 1.807) is 6.92 Å². The Hall–Kier alpha value is -4.99. The average molecular weight is 696 g/mol. The van der Waals surface area contributed by atoms with Crippen molar-refractivity contribution in [1.29, 1.82) is 0 Å². The third-order valence-electron chi connectivity index (χ3n) is 7.91. The fourth-order valence-electron chi connectivity index (χ4n) is 5.08. The average Bonchev–Trinajstić information content (AvgIpc) is 3.07. The quantitative estimate of drug-likeness (QED) is 0.206. The van der Waals surface area contributed by atoms with E-state index in [0.29, 0.717) is 5.56 Å². The van der Waals surface area contributed by atoms with Gasteiger partial charge < -0.3 is 35.6 Å². The largest absolute Gasteiger partial charge is 0.488 e. The molecule has 0 spiro atoms. The number of anilines is 3. The first-order valence-corrected chi connectivity index (χ1v) is 15.1. The van der Waals surface area contributed by atoms with Crippen LogP contribution in [0, 0.1) is 5.92 Å². The Morgan fingerprint density at radius 3 is 1.94 bits per heavy atom. The van der Waals surface area contributed by atoms with Crippen LogP contribution in [-0.4, -0.2) is 71.8 Å². The van der Waals surface area contributed by atoms with Crippen LogP contribution in [0.25, 0.3) is 0 Å². The molecule has 4 rings (SSSR count). The summed E-state index contributed by atoms with van der Waals surface area (Å²) in [7, 11) is 1.48. The summed E-state index contributed by atoms with van der Waals surface area (Å²) in [4.78, 5) is 41.9. The van der Waals surface area contributed by atoms with Gasteiger partial charge in [0.15, 0.2) is 0 Å². The Balaban J connectivity index is 1.52. The first kappa shape index (κ1) is 36.8. The van der Waals surface area contributed by atoms with Gasteiger partial charge in [0.2, 0.25) is 5.91 Å². The lowest BCUT2D eigenvalue weighted by Crippen LogP contribution is -2.48. The third-order valence-corrected chi connectivity index (χ3v) is 7.91. The van der Waals surface area contributed by atoms with Gasteiger partial charge in [-0.05, 0) is 73.7 Å². The number of hydrogen-bond acceptors (Lipinski definition) is 5. The molecule has 16 heteroatoms. The molecular formula is C33H35F6N5O5. The fraction of sp³-hybridized carbons (Fsp3) is 0.364. The predicted molar refractivity (Wildman–Crippen MR) is 169 cm³/mol. The van der Waals surface area contributed by atoms with Crippen molar-refractivity contribution in [2.75, 3.05) is 42.7 Å². The number of fused-ring (bicyclic) bond motifs is 1. The van der Waals surface area contributed by atoms with Crippen LogP contribution in [0.3, 0.4) is 0 Å². The Bertz CT molecular complexity index is 1630. The molecule has 0 bridgehead atoms. The molecule has 3 atom stereocenters. The molecule has 1 heterocycles. The monoisotopic (exact) mass is 695 g/mol. The van der Waals surface area contributed by atoms with Crippen molar-refractivity contribution in [3.05, 3.63) is 83.4 Å². The first-order chi connectivity index (χ1) is 22.9. The number of aliphatic hydroxyl groups excluding tert-OH is 1. The number of hydrogen-bond donors (Lipinski definition) is 4. The lowest BCUT2D eigenvalue weighted by atomic mass is 10.0. The topological polar surface area (TPSA) is 123 Å². The van der Waals surface area contributed by atoms with Gasteiger partial charge in [-0.3, -0.25) is 4.79 Å². The highest BCUT2D eigenvalue weighted by atomic mass is 19.4. The number of alkyl halides is 6. The standard InChI is InChI=1S/C33H35F6N5O5/c1-19-16-44(20(2)18-45)29(46)15-21-14-26(41-30(47)40-24-8-4-22(5-9-24)32(34,35)36)12-13-27(21)49-28(19)17-43(3)31(48)42-25-10-6-23(7-11-25)33(37,38)39/h4-14,19-20,28,45H,15-18H2,1-3H3,(H,42,48)(H2,40,41,47)/t19-,20-,28+/m0/s1. The van der Waals surface area contributed by atoms with Crippen molar-refractivity contribution in [1.82, 2.24) is 9.80 Å². The summed E-state index contributed by atoms with van der Waals surface area (Å²) in [5, 5.41) is 17.4. The highest BCUT2D eigenvalue weighted by molar-refractivity contribution is 6.00. The van der Waals surface area contributed by atoms with Crippen molar-refractivity contribution < 1.29 is 50.6 Å². The molecule has 264 valence electrons. The van der Waals surface area contributed by atoms with E-state index in [4.69, 9.17) is 4.74 Å². The van der Waals surface area contributed by atoms with E-state index in [1.807, 2.05) is 6.92 Å². The van der Waals surface area contributed by atoms with Gasteiger partial charge >= 0.3 is 24.4 Å². The zero-order chi connectivity index (χ0) is 36.1.